The molecule has 0 aromatic heterocycles. The number of nitrogens with one attached hydrogen (secondary N) is 1. The van der Waals surface area contributed by atoms with Crippen LogP contribution in [0.15, 0.2) is 24.3 Å². The summed E-state index contributed by atoms with van der Waals surface area (Å²) in [6.07, 6.45) is 1.24. The van der Waals surface area contributed by atoms with Crippen molar-refractivity contribution in [2.75, 3.05) is 33.9 Å². The molecule has 0 aliphatic carbocycles. The standard InChI is InChI=1S/C17H28N2O2/c1-13(11-15-7-5-6-8-16(15)20-4)19(3)14(2)17-12-18-9-10-21-17/h5-8,13-14,17-18H,9-12H2,1-4H3. The Labute approximate surface area is 128 Å². The van der Waals surface area contributed by atoms with E-state index in [-0.39, 0.29) is 6.10 Å². The summed E-state index contributed by atoms with van der Waals surface area (Å²) in [4.78, 5) is 2.41. The second kappa shape index (κ2) is 7.78. The monoisotopic (exact) mass is 292 g/mol. The Morgan fingerprint density at radius 2 is 2.14 bits per heavy atom. The van der Waals surface area contributed by atoms with Gasteiger partial charge in [-0.2, -0.15) is 0 Å². The largest absolute Gasteiger partial charge is 0.496 e. The minimum absolute atomic E-state index is 0.267. The van der Waals surface area contributed by atoms with E-state index in [1.165, 1.54) is 5.56 Å². The van der Waals surface area contributed by atoms with Gasteiger partial charge in [0.05, 0.1) is 19.8 Å². The number of likely N-dealkylation sites (N-methyl/N-ethyl adjacent to an activating group) is 1. The van der Waals surface area contributed by atoms with E-state index in [9.17, 15) is 0 Å². The molecule has 4 heteroatoms. The number of hydrogen-bond acceptors (Lipinski definition) is 4. The van der Waals surface area contributed by atoms with Gasteiger partial charge in [0, 0.05) is 25.2 Å². The number of nitrogens with zero attached hydrogens (tertiary/aromatic N) is 1. The van der Waals surface area contributed by atoms with Gasteiger partial charge in [0.2, 0.25) is 0 Å². The van der Waals surface area contributed by atoms with Crippen molar-refractivity contribution < 1.29 is 9.47 Å². The number of para-hydroxylation sites is 1. The van der Waals surface area contributed by atoms with Crippen LogP contribution in [0.1, 0.15) is 19.4 Å². The fraction of sp³-hybridized carbons (Fsp3) is 0.647. The second-order valence-corrected chi connectivity index (χ2v) is 5.88. The SMILES string of the molecule is COc1ccccc1CC(C)N(C)C(C)C1CNCCO1. The quantitative estimate of drug-likeness (QED) is 0.869. The molecule has 21 heavy (non-hydrogen) atoms. The Balaban J connectivity index is 1.96. The van der Waals surface area contributed by atoms with Crippen molar-refractivity contribution in [3.63, 3.8) is 0 Å². The van der Waals surface area contributed by atoms with Gasteiger partial charge in [-0.25, -0.2) is 0 Å². The van der Waals surface area contributed by atoms with Crippen LogP contribution in [0.25, 0.3) is 0 Å². The van der Waals surface area contributed by atoms with E-state index < -0.39 is 0 Å². The molecule has 1 aromatic carbocycles. The van der Waals surface area contributed by atoms with Crippen LogP contribution in [0, 0.1) is 0 Å². The van der Waals surface area contributed by atoms with Gasteiger partial charge in [-0.05, 0) is 38.9 Å². The lowest BCUT2D eigenvalue weighted by Crippen LogP contribution is -2.52. The molecule has 0 radical (unpaired) electrons. The van der Waals surface area contributed by atoms with Gasteiger partial charge in [0.25, 0.3) is 0 Å². The Kier molecular flexibility index (Phi) is 6.03. The summed E-state index contributed by atoms with van der Waals surface area (Å²) in [5.41, 5.74) is 1.26. The zero-order valence-electron chi connectivity index (χ0n) is 13.6. The van der Waals surface area contributed by atoms with Crippen molar-refractivity contribution in [1.82, 2.24) is 10.2 Å². The van der Waals surface area contributed by atoms with E-state index in [0.717, 1.165) is 31.9 Å². The van der Waals surface area contributed by atoms with Crippen LogP contribution in [0.5, 0.6) is 5.75 Å². The predicted molar refractivity (Wildman–Crippen MR) is 86.0 cm³/mol. The molecule has 1 aromatic rings. The highest BCUT2D eigenvalue weighted by molar-refractivity contribution is 5.33. The summed E-state index contributed by atoms with van der Waals surface area (Å²) in [5, 5.41) is 3.41. The van der Waals surface area contributed by atoms with Gasteiger partial charge in [0.15, 0.2) is 0 Å². The van der Waals surface area contributed by atoms with E-state index in [4.69, 9.17) is 9.47 Å². The van der Waals surface area contributed by atoms with Crippen molar-refractivity contribution in [3.8, 4) is 5.75 Å². The maximum Gasteiger partial charge on any atom is 0.122 e. The van der Waals surface area contributed by atoms with Gasteiger partial charge in [0.1, 0.15) is 5.75 Å². The third-order valence-electron chi connectivity index (χ3n) is 4.54. The van der Waals surface area contributed by atoms with E-state index in [2.05, 4.69) is 43.2 Å². The summed E-state index contributed by atoms with van der Waals surface area (Å²) in [5.74, 6) is 0.973. The van der Waals surface area contributed by atoms with E-state index in [1.807, 2.05) is 12.1 Å². The highest BCUT2D eigenvalue weighted by atomic mass is 16.5. The van der Waals surface area contributed by atoms with Crippen molar-refractivity contribution in [1.29, 1.82) is 0 Å². The van der Waals surface area contributed by atoms with Crippen molar-refractivity contribution in [2.24, 2.45) is 0 Å². The number of hydrogen-bond donors (Lipinski definition) is 1. The number of rotatable bonds is 6. The zero-order valence-corrected chi connectivity index (χ0v) is 13.6. The number of ether oxygens (including phenoxy) is 2. The number of methoxy groups -OCH3 is 1. The number of benzene rings is 1. The first-order valence-electron chi connectivity index (χ1n) is 7.79. The highest BCUT2D eigenvalue weighted by Gasteiger charge is 2.26. The average molecular weight is 292 g/mol. The van der Waals surface area contributed by atoms with Crippen molar-refractivity contribution in [2.45, 2.75) is 38.5 Å². The molecular weight excluding hydrogens is 264 g/mol. The van der Waals surface area contributed by atoms with Crippen LogP contribution in [0.3, 0.4) is 0 Å². The molecule has 1 aliphatic rings. The van der Waals surface area contributed by atoms with Crippen LogP contribution >= 0.6 is 0 Å². The molecule has 2 rings (SSSR count). The maximum absolute atomic E-state index is 5.88. The highest BCUT2D eigenvalue weighted by Crippen LogP contribution is 2.21. The topological polar surface area (TPSA) is 33.7 Å². The smallest absolute Gasteiger partial charge is 0.122 e. The summed E-state index contributed by atoms with van der Waals surface area (Å²) < 4.78 is 11.3. The Morgan fingerprint density at radius 3 is 2.81 bits per heavy atom. The third-order valence-corrected chi connectivity index (χ3v) is 4.54. The molecular formula is C17H28N2O2. The molecule has 118 valence electrons. The molecule has 1 saturated heterocycles. The Bertz CT molecular complexity index is 433. The average Bonchev–Trinajstić information content (AvgIpc) is 2.54. The Morgan fingerprint density at radius 1 is 1.38 bits per heavy atom. The van der Waals surface area contributed by atoms with Gasteiger partial charge < -0.3 is 14.8 Å². The lowest BCUT2D eigenvalue weighted by Gasteiger charge is -2.37. The molecule has 1 aliphatic heterocycles. The summed E-state index contributed by atoms with van der Waals surface area (Å²) in [6, 6.07) is 9.08. The molecule has 1 N–H and O–H groups in total. The molecule has 0 bridgehead atoms. The zero-order chi connectivity index (χ0) is 15.2. The third kappa shape index (κ3) is 4.19. The first-order chi connectivity index (χ1) is 10.1. The van der Waals surface area contributed by atoms with E-state index in [0.29, 0.717) is 12.1 Å². The van der Waals surface area contributed by atoms with Gasteiger partial charge in [-0.15, -0.1) is 0 Å². The van der Waals surface area contributed by atoms with E-state index >= 15 is 0 Å². The fourth-order valence-corrected chi connectivity index (χ4v) is 2.89. The van der Waals surface area contributed by atoms with Crippen LogP contribution in [-0.4, -0.2) is 56.9 Å². The van der Waals surface area contributed by atoms with Crippen LogP contribution in [-0.2, 0) is 11.2 Å². The molecule has 4 nitrogen and oxygen atoms in total. The van der Waals surface area contributed by atoms with Crippen LogP contribution in [0.2, 0.25) is 0 Å². The minimum Gasteiger partial charge on any atom is -0.496 e. The number of morpholine rings is 1. The summed E-state index contributed by atoms with van der Waals surface area (Å²) in [7, 11) is 3.92. The van der Waals surface area contributed by atoms with Crippen molar-refractivity contribution in [3.05, 3.63) is 29.8 Å². The predicted octanol–water partition coefficient (Wildman–Crippen LogP) is 1.93. The minimum atomic E-state index is 0.267. The maximum atomic E-state index is 5.88. The molecule has 0 amide bonds. The first-order valence-corrected chi connectivity index (χ1v) is 7.79. The normalized spacial score (nSPS) is 22.0. The van der Waals surface area contributed by atoms with Crippen molar-refractivity contribution >= 4 is 0 Å². The lowest BCUT2D eigenvalue weighted by molar-refractivity contribution is -0.0279. The Hall–Kier alpha value is -1.10. The molecule has 1 fully saturated rings. The lowest BCUT2D eigenvalue weighted by atomic mass is 10.0. The molecule has 3 unspecified atom stereocenters. The van der Waals surface area contributed by atoms with E-state index in [1.54, 1.807) is 7.11 Å². The first kappa shape index (κ1) is 16.3. The summed E-state index contributed by atoms with van der Waals surface area (Å²) >= 11 is 0. The fourth-order valence-electron chi connectivity index (χ4n) is 2.89. The molecule has 0 spiro atoms. The van der Waals surface area contributed by atoms with Crippen LogP contribution < -0.4 is 10.1 Å². The van der Waals surface area contributed by atoms with Gasteiger partial charge >= 0.3 is 0 Å². The molecule has 3 atom stereocenters. The summed E-state index contributed by atoms with van der Waals surface area (Å²) in [6.45, 7) is 7.22. The molecule has 1 heterocycles. The molecule has 0 saturated carbocycles. The van der Waals surface area contributed by atoms with Crippen LogP contribution in [0.4, 0.5) is 0 Å². The second-order valence-electron chi connectivity index (χ2n) is 5.88. The van der Waals surface area contributed by atoms with Gasteiger partial charge in [-0.3, -0.25) is 4.90 Å². The van der Waals surface area contributed by atoms with Gasteiger partial charge in [-0.1, -0.05) is 18.2 Å².